The van der Waals surface area contributed by atoms with Crippen molar-refractivity contribution >= 4 is 62.6 Å². The Morgan fingerprint density at radius 3 is 2.50 bits per heavy atom. The number of rotatable bonds is 10. The van der Waals surface area contributed by atoms with Crippen LogP contribution in [0.3, 0.4) is 0 Å². The average molecular weight is 582 g/mol. The van der Waals surface area contributed by atoms with Crippen molar-refractivity contribution < 1.29 is 9.59 Å². The minimum absolute atomic E-state index is 0.00467. The topological polar surface area (TPSA) is 76.9 Å². The predicted molar refractivity (Wildman–Crippen MR) is 141 cm³/mol. The molecular weight excluding hydrogens is 559 g/mol. The maximum atomic E-state index is 13.0. The Hall–Kier alpha value is -2.13. The fourth-order valence-corrected chi connectivity index (χ4v) is 4.82. The molecule has 0 saturated heterocycles. The number of halogens is 3. The van der Waals surface area contributed by atoms with Crippen LogP contribution < -0.4 is 5.32 Å². The lowest BCUT2D eigenvalue weighted by atomic mass is 10.0. The number of carbonyl (C=O) groups excluding carboxylic acids is 2. The third kappa shape index (κ3) is 6.50. The van der Waals surface area contributed by atoms with E-state index >= 15 is 0 Å². The van der Waals surface area contributed by atoms with Crippen LogP contribution in [0.1, 0.15) is 46.4 Å². The van der Waals surface area contributed by atoms with Crippen molar-refractivity contribution in [1.82, 2.24) is 20.1 Å². The number of carbonyl (C=O) groups is 2. The van der Waals surface area contributed by atoms with Crippen molar-refractivity contribution in [3.8, 4) is 0 Å². The molecule has 2 aromatic carbocycles. The Morgan fingerprint density at radius 1 is 1.18 bits per heavy atom. The van der Waals surface area contributed by atoms with E-state index in [1.807, 2.05) is 30.5 Å². The zero-order valence-electron chi connectivity index (χ0n) is 18.6. The fraction of sp³-hybridized carbons (Fsp3) is 0.250. The summed E-state index contributed by atoms with van der Waals surface area (Å²) in [6.07, 6.45) is 1.72. The first-order valence-corrected chi connectivity index (χ1v) is 13.0. The second-order valence-corrected chi connectivity index (χ2v) is 10.5. The van der Waals surface area contributed by atoms with E-state index in [1.54, 1.807) is 30.3 Å². The number of hydrogen-bond donors (Lipinski definition) is 1. The molecule has 1 heterocycles. The van der Waals surface area contributed by atoms with E-state index in [0.717, 1.165) is 4.47 Å². The minimum Gasteiger partial charge on any atom is -0.342 e. The van der Waals surface area contributed by atoms with E-state index in [9.17, 15) is 9.59 Å². The monoisotopic (exact) mass is 580 g/mol. The van der Waals surface area contributed by atoms with E-state index in [4.69, 9.17) is 23.2 Å². The van der Waals surface area contributed by atoms with Gasteiger partial charge < -0.3 is 9.88 Å². The molecule has 0 aliphatic heterocycles. The summed E-state index contributed by atoms with van der Waals surface area (Å²) in [4.78, 5) is 25.6. The van der Waals surface area contributed by atoms with Crippen LogP contribution in [0.4, 0.5) is 0 Å². The predicted octanol–water partition coefficient (Wildman–Crippen LogP) is 6.64. The van der Waals surface area contributed by atoms with Crippen LogP contribution in [0, 0.1) is 5.92 Å². The summed E-state index contributed by atoms with van der Waals surface area (Å²) in [5, 5.41) is 13.0. The molecule has 0 unspecified atom stereocenters. The number of benzene rings is 2. The summed E-state index contributed by atoms with van der Waals surface area (Å²) in [6, 6.07) is 11.5. The summed E-state index contributed by atoms with van der Waals surface area (Å²) in [6.45, 7) is 8.21. The molecule has 1 atom stereocenters. The van der Waals surface area contributed by atoms with Gasteiger partial charge in [0, 0.05) is 21.6 Å². The van der Waals surface area contributed by atoms with Gasteiger partial charge in [-0.3, -0.25) is 9.59 Å². The molecule has 0 spiro atoms. The van der Waals surface area contributed by atoms with E-state index in [-0.39, 0.29) is 28.4 Å². The fourth-order valence-electron chi connectivity index (χ4n) is 3.21. The Labute approximate surface area is 221 Å². The number of ketones is 1. The maximum Gasteiger partial charge on any atom is 0.253 e. The third-order valence-corrected chi connectivity index (χ3v) is 7.01. The van der Waals surface area contributed by atoms with Gasteiger partial charge in [0.15, 0.2) is 16.8 Å². The van der Waals surface area contributed by atoms with E-state index in [0.29, 0.717) is 33.7 Å². The van der Waals surface area contributed by atoms with Crippen LogP contribution in [0.2, 0.25) is 10.0 Å². The van der Waals surface area contributed by atoms with Gasteiger partial charge in [0.25, 0.3) is 5.91 Å². The molecule has 178 valence electrons. The summed E-state index contributed by atoms with van der Waals surface area (Å²) >= 11 is 16.8. The summed E-state index contributed by atoms with van der Waals surface area (Å²) in [5.41, 5.74) is 0.944. The lowest BCUT2D eigenvalue weighted by Crippen LogP contribution is -2.34. The number of Topliss-reactive ketones (excluding diaryl/α,β-unsaturated/α-hetero) is 1. The van der Waals surface area contributed by atoms with Gasteiger partial charge in [-0.1, -0.05) is 82.9 Å². The zero-order chi connectivity index (χ0) is 24.8. The molecule has 0 aliphatic rings. The van der Waals surface area contributed by atoms with Gasteiger partial charge in [-0.25, -0.2) is 0 Å². The highest BCUT2D eigenvalue weighted by atomic mass is 79.9. The number of amides is 1. The second kappa shape index (κ2) is 12.0. The zero-order valence-corrected chi connectivity index (χ0v) is 22.5. The number of aromatic nitrogens is 3. The van der Waals surface area contributed by atoms with Gasteiger partial charge in [-0.15, -0.1) is 16.8 Å². The first kappa shape index (κ1) is 26.5. The molecule has 34 heavy (non-hydrogen) atoms. The van der Waals surface area contributed by atoms with Crippen molar-refractivity contribution in [2.75, 3.05) is 5.75 Å². The van der Waals surface area contributed by atoms with Crippen molar-refractivity contribution in [1.29, 1.82) is 0 Å². The van der Waals surface area contributed by atoms with Crippen molar-refractivity contribution in [2.45, 2.75) is 31.6 Å². The molecule has 3 aromatic rings. The van der Waals surface area contributed by atoms with Crippen molar-refractivity contribution in [3.05, 3.63) is 86.6 Å². The van der Waals surface area contributed by atoms with Crippen LogP contribution in [-0.4, -0.2) is 32.2 Å². The molecule has 0 fully saturated rings. The van der Waals surface area contributed by atoms with Crippen LogP contribution in [0.5, 0.6) is 0 Å². The summed E-state index contributed by atoms with van der Waals surface area (Å²) in [5.74, 6) is 0.430. The SMILES string of the molecule is C=CCn1c(SCC(=O)c2ccc(Br)cc2)nnc1[C@H](NC(=O)c1ccc(Cl)cc1Cl)C(C)C. The van der Waals surface area contributed by atoms with Gasteiger partial charge in [-0.2, -0.15) is 0 Å². The van der Waals surface area contributed by atoms with Crippen molar-refractivity contribution in [3.63, 3.8) is 0 Å². The number of allylic oxidation sites excluding steroid dienone is 1. The molecule has 1 aromatic heterocycles. The van der Waals surface area contributed by atoms with E-state index < -0.39 is 6.04 Å². The second-order valence-electron chi connectivity index (χ2n) is 7.78. The number of thioether (sulfide) groups is 1. The standard InChI is InChI=1S/C24H23BrCl2N4O2S/c1-4-11-31-22(21(14(2)3)28-23(33)18-10-9-17(26)12-19(18)27)29-30-24(31)34-13-20(32)15-5-7-16(25)8-6-15/h4-10,12,14,21H,1,11,13H2,2-3H3,(H,28,33)/t21-/m1/s1. The van der Waals surface area contributed by atoms with Gasteiger partial charge >= 0.3 is 0 Å². The molecule has 1 N–H and O–H groups in total. The Kier molecular flexibility index (Phi) is 9.36. The minimum atomic E-state index is -0.441. The molecular formula is C24H23BrCl2N4O2S. The van der Waals surface area contributed by atoms with Gasteiger partial charge in [0.2, 0.25) is 0 Å². The van der Waals surface area contributed by atoms with Crippen LogP contribution >= 0.6 is 50.9 Å². The molecule has 6 nitrogen and oxygen atoms in total. The van der Waals surface area contributed by atoms with E-state index in [2.05, 4.69) is 38.0 Å². The highest BCUT2D eigenvalue weighted by Gasteiger charge is 2.27. The van der Waals surface area contributed by atoms with E-state index in [1.165, 1.54) is 17.8 Å². The highest BCUT2D eigenvalue weighted by Crippen LogP contribution is 2.27. The molecule has 0 radical (unpaired) electrons. The molecule has 0 aliphatic carbocycles. The first-order valence-electron chi connectivity index (χ1n) is 10.4. The largest absolute Gasteiger partial charge is 0.342 e. The quantitative estimate of drug-likeness (QED) is 0.165. The molecule has 0 bridgehead atoms. The maximum absolute atomic E-state index is 13.0. The molecule has 0 saturated carbocycles. The van der Waals surface area contributed by atoms with Gasteiger partial charge in [0.05, 0.1) is 22.4 Å². The van der Waals surface area contributed by atoms with Crippen molar-refractivity contribution in [2.24, 2.45) is 5.92 Å². The third-order valence-electron chi connectivity index (χ3n) is 4.96. The first-order chi connectivity index (χ1) is 16.2. The normalized spacial score (nSPS) is 11.9. The molecule has 10 heteroatoms. The Balaban J connectivity index is 1.82. The van der Waals surface area contributed by atoms with Gasteiger partial charge in [-0.05, 0) is 36.2 Å². The Bertz CT molecular complexity index is 1200. The lowest BCUT2D eigenvalue weighted by molar-refractivity contribution is 0.0921. The summed E-state index contributed by atoms with van der Waals surface area (Å²) < 4.78 is 2.77. The number of nitrogens with one attached hydrogen (secondary N) is 1. The number of hydrogen-bond acceptors (Lipinski definition) is 5. The van der Waals surface area contributed by atoms with Gasteiger partial charge in [0.1, 0.15) is 0 Å². The highest BCUT2D eigenvalue weighted by molar-refractivity contribution is 9.10. The molecule has 1 amide bonds. The smallest absolute Gasteiger partial charge is 0.253 e. The Morgan fingerprint density at radius 2 is 1.88 bits per heavy atom. The van der Waals surface area contributed by atoms with Crippen LogP contribution in [0.25, 0.3) is 0 Å². The average Bonchev–Trinajstić information content (AvgIpc) is 3.18. The van der Waals surface area contributed by atoms with Crippen LogP contribution in [0.15, 0.2) is 64.7 Å². The van der Waals surface area contributed by atoms with Crippen LogP contribution in [-0.2, 0) is 6.54 Å². The summed E-state index contributed by atoms with van der Waals surface area (Å²) in [7, 11) is 0. The number of nitrogens with zero attached hydrogens (tertiary/aromatic N) is 3. The lowest BCUT2D eigenvalue weighted by Gasteiger charge is -2.23. The molecule has 3 rings (SSSR count).